The van der Waals surface area contributed by atoms with Gasteiger partial charge in [-0.2, -0.15) is 0 Å². The Bertz CT molecular complexity index is 678. The number of carbonyl (C=O) groups is 1. The first kappa shape index (κ1) is 16.2. The van der Waals surface area contributed by atoms with E-state index in [0.717, 1.165) is 16.0 Å². The van der Waals surface area contributed by atoms with Crippen LogP contribution in [-0.2, 0) is 4.74 Å². The van der Waals surface area contributed by atoms with Crippen molar-refractivity contribution in [1.29, 1.82) is 0 Å². The summed E-state index contributed by atoms with van der Waals surface area (Å²) in [5.41, 5.74) is 2.34. The Kier molecular flexibility index (Phi) is 5.27. The summed E-state index contributed by atoms with van der Waals surface area (Å²) in [5, 5.41) is 10.4. The third-order valence-electron chi connectivity index (χ3n) is 2.92. The number of rotatable bonds is 5. The van der Waals surface area contributed by atoms with Gasteiger partial charge in [0.05, 0.1) is 6.61 Å². The second-order valence-electron chi connectivity index (χ2n) is 4.84. The van der Waals surface area contributed by atoms with E-state index in [9.17, 15) is 4.79 Å². The Morgan fingerprint density at radius 1 is 1.27 bits per heavy atom. The summed E-state index contributed by atoms with van der Waals surface area (Å²) >= 11 is 1.44. The molecule has 0 atom stereocenters. The molecule has 5 nitrogen and oxygen atoms in total. The van der Waals surface area contributed by atoms with Gasteiger partial charge in [-0.1, -0.05) is 35.6 Å². The summed E-state index contributed by atoms with van der Waals surface area (Å²) in [6, 6.07) is 9.79. The molecular formula is C16H19N3O2S. The summed E-state index contributed by atoms with van der Waals surface area (Å²) in [6.45, 7) is 4.09. The van der Waals surface area contributed by atoms with Crippen LogP contribution in [0.3, 0.4) is 0 Å². The Morgan fingerprint density at radius 3 is 2.55 bits per heavy atom. The largest absolute Gasteiger partial charge is 0.462 e. The molecule has 0 aliphatic carbocycles. The average Bonchev–Trinajstić information content (AvgIpc) is 2.83. The lowest BCUT2D eigenvalue weighted by molar-refractivity contribution is 0.0528. The molecule has 0 saturated carbocycles. The van der Waals surface area contributed by atoms with Crippen molar-refractivity contribution in [2.24, 2.45) is 10.3 Å². The van der Waals surface area contributed by atoms with Crippen LogP contribution in [0.15, 0.2) is 40.7 Å². The number of hydrogen-bond acceptors (Lipinski definition) is 5. The molecule has 0 radical (unpaired) electrons. The normalized spacial score (nSPS) is 10.9. The number of thiophene rings is 1. The monoisotopic (exact) mass is 317 g/mol. The van der Waals surface area contributed by atoms with Gasteiger partial charge in [0.25, 0.3) is 0 Å². The third kappa shape index (κ3) is 3.51. The SMILES string of the molecule is CCOC(=O)c1c(/N=N/N(C)C)sc(C)c1-c1ccccc1. The van der Waals surface area contributed by atoms with E-state index >= 15 is 0 Å². The van der Waals surface area contributed by atoms with Crippen molar-refractivity contribution in [3.63, 3.8) is 0 Å². The Morgan fingerprint density at radius 2 is 1.95 bits per heavy atom. The molecule has 0 unspecified atom stereocenters. The summed E-state index contributed by atoms with van der Waals surface area (Å²) in [5.74, 6) is -0.363. The number of hydrogen-bond donors (Lipinski definition) is 0. The van der Waals surface area contributed by atoms with Crippen LogP contribution in [0.4, 0.5) is 5.00 Å². The minimum absolute atomic E-state index is 0.326. The highest BCUT2D eigenvalue weighted by molar-refractivity contribution is 7.16. The van der Waals surface area contributed by atoms with Crippen molar-refractivity contribution < 1.29 is 9.53 Å². The highest BCUT2D eigenvalue weighted by Crippen LogP contribution is 2.42. The van der Waals surface area contributed by atoms with Crippen LogP contribution in [0.1, 0.15) is 22.2 Å². The van der Waals surface area contributed by atoms with Crippen LogP contribution >= 0.6 is 11.3 Å². The van der Waals surface area contributed by atoms with E-state index in [1.165, 1.54) is 11.3 Å². The van der Waals surface area contributed by atoms with Gasteiger partial charge in [0.2, 0.25) is 0 Å². The number of benzene rings is 1. The van der Waals surface area contributed by atoms with E-state index < -0.39 is 0 Å². The molecule has 1 aromatic heterocycles. The molecule has 0 aliphatic heterocycles. The van der Waals surface area contributed by atoms with Gasteiger partial charge >= 0.3 is 5.97 Å². The van der Waals surface area contributed by atoms with E-state index in [1.54, 1.807) is 26.0 Å². The minimum Gasteiger partial charge on any atom is -0.462 e. The molecule has 0 fully saturated rings. The number of nitrogens with zero attached hydrogens (tertiary/aromatic N) is 3. The molecule has 0 amide bonds. The zero-order valence-electron chi connectivity index (χ0n) is 13.2. The Hall–Kier alpha value is -2.21. The van der Waals surface area contributed by atoms with Crippen LogP contribution in [0.25, 0.3) is 11.1 Å². The first-order chi connectivity index (χ1) is 10.5. The zero-order valence-corrected chi connectivity index (χ0v) is 14.0. The van der Waals surface area contributed by atoms with Crippen LogP contribution in [-0.4, -0.2) is 31.7 Å². The summed E-state index contributed by atoms with van der Waals surface area (Å²) in [6.07, 6.45) is 0. The summed E-state index contributed by atoms with van der Waals surface area (Å²) < 4.78 is 5.20. The van der Waals surface area contributed by atoms with Crippen LogP contribution in [0.5, 0.6) is 0 Å². The number of aryl methyl sites for hydroxylation is 1. The summed E-state index contributed by atoms with van der Waals surface area (Å²) in [7, 11) is 3.57. The van der Waals surface area contributed by atoms with Gasteiger partial charge in [0, 0.05) is 24.5 Å². The zero-order chi connectivity index (χ0) is 16.1. The Balaban J connectivity index is 2.59. The molecule has 116 valence electrons. The first-order valence-electron chi connectivity index (χ1n) is 6.99. The Labute approximate surface area is 134 Å². The second kappa shape index (κ2) is 7.17. The van der Waals surface area contributed by atoms with E-state index in [2.05, 4.69) is 10.3 Å². The number of ether oxygens (including phenoxy) is 1. The molecule has 22 heavy (non-hydrogen) atoms. The smallest absolute Gasteiger partial charge is 0.341 e. The highest BCUT2D eigenvalue weighted by Gasteiger charge is 2.24. The lowest BCUT2D eigenvalue weighted by atomic mass is 10.0. The topological polar surface area (TPSA) is 54.3 Å². The van der Waals surface area contributed by atoms with Crippen LogP contribution in [0, 0.1) is 6.92 Å². The van der Waals surface area contributed by atoms with E-state index in [0.29, 0.717) is 17.2 Å². The minimum atomic E-state index is -0.363. The van der Waals surface area contributed by atoms with E-state index in [-0.39, 0.29) is 5.97 Å². The molecular weight excluding hydrogens is 298 g/mol. The predicted octanol–water partition coefficient (Wildman–Crippen LogP) is 4.46. The fourth-order valence-corrected chi connectivity index (χ4v) is 3.05. The molecule has 2 aromatic rings. The van der Waals surface area contributed by atoms with Gasteiger partial charge in [0.15, 0.2) is 5.00 Å². The first-order valence-corrected chi connectivity index (χ1v) is 7.81. The molecule has 0 aliphatic rings. The van der Waals surface area contributed by atoms with E-state index in [1.807, 2.05) is 37.3 Å². The fourth-order valence-electron chi connectivity index (χ4n) is 2.08. The molecule has 0 saturated heterocycles. The van der Waals surface area contributed by atoms with Gasteiger partial charge < -0.3 is 4.74 Å². The van der Waals surface area contributed by atoms with Gasteiger partial charge in [-0.05, 0) is 19.4 Å². The van der Waals surface area contributed by atoms with Crippen LogP contribution < -0.4 is 0 Å². The summed E-state index contributed by atoms with van der Waals surface area (Å²) in [4.78, 5) is 13.4. The molecule has 1 aromatic carbocycles. The quantitative estimate of drug-likeness (QED) is 0.465. The molecule has 2 rings (SSSR count). The maximum Gasteiger partial charge on any atom is 0.341 e. The van der Waals surface area contributed by atoms with Gasteiger partial charge in [-0.25, -0.2) is 4.79 Å². The average molecular weight is 317 g/mol. The lowest BCUT2D eigenvalue weighted by Crippen LogP contribution is -2.05. The molecule has 1 heterocycles. The molecule has 0 spiro atoms. The third-order valence-corrected chi connectivity index (χ3v) is 3.91. The van der Waals surface area contributed by atoms with Crippen molar-refractivity contribution >= 4 is 22.3 Å². The molecule has 0 bridgehead atoms. The second-order valence-corrected chi connectivity index (χ2v) is 6.04. The van der Waals surface area contributed by atoms with Crippen molar-refractivity contribution in [3.8, 4) is 11.1 Å². The lowest BCUT2D eigenvalue weighted by Gasteiger charge is -2.06. The van der Waals surface area contributed by atoms with Crippen molar-refractivity contribution in [1.82, 2.24) is 5.01 Å². The molecule has 6 heteroatoms. The van der Waals surface area contributed by atoms with Crippen molar-refractivity contribution in [2.75, 3.05) is 20.7 Å². The fraction of sp³-hybridized carbons (Fsp3) is 0.312. The number of carbonyl (C=O) groups excluding carboxylic acids is 1. The standard InChI is InChI=1S/C16H19N3O2S/c1-5-21-16(20)14-13(12-9-7-6-8-10-12)11(2)22-15(14)17-18-19(3)4/h6-10H,5H2,1-4H3/b18-17+. The van der Waals surface area contributed by atoms with Gasteiger partial charge in [-0.15, -0.1) is 16.5 Å². The maximum atomic E-state index is 12.4. The molecule has 0 N–H and O–H groups in total. The van der Waals surface area contributed by atoms with Crippen molar-refractivity contribution in [3.05, 3.63) is 40.8 Å². The van der Waals surface area contributed by atoms with Crippen molar-refractivity contribution in [2.45, 2.75) is 13.8 Å². The van der Waals surface area contributed by atoms with Gasteiger partial charge in [0.1, 0.15) is 5.56 Å². The number of esters is 1. The van der Waals surface area contributed by atoms with Crippen LogP contribution in [0.2, 0.25) is 0 Å². The highest BCUT2D eigenvalue weighted by atomic mass is 32.1. The maximum absolute atomic E-state index is 12.4. The predicted molar refractivity (Wildman–Crippen MR) is 88.7 cm³/mol. The van der Waals surface area contributed by atoms with E-state index in [4.69, 9.17) is 4.74 Å². The van der Waals surface area contributed by atoms with Gasteiger partial charge in [-0.3, -0.25) is 5.01 Å².